The van der Waals surface area contributed by atoms with Gasteiger partial charge in [0.2, 0.25) is 0 Å². The fourth-order valence-electron chi connectivity index (χ4n) is 2.38. The number of carbonyl (C=O) groups excluding carboxylic acids is 2. The standard InChI is InChI=1S/C21H25NO5/c1-22-18-9-7-17(8-10-18)21(24)27-19-11-5-16(6-12-19)15-20(23)26-14-4-3-13-25-2/h5,7-12,15,22H,3-4,6,13-14H2,1-2H3. The summed E-state index contributed by atoms with van der Waals surface area (Å²) in [6.45, 7) is 1.04. The van der Waals surface area contributed by atoms with Gasteiger partial charge in [-0.05, 0) is 61.3 Å². The number of anilines is 1. The first-order valence-electron chi connectivity index (χ1n) is 8.87. The number of rotatable bonds is 9. The average Bonchev–Trinajstić information content (AvgIpc) is 2.69. The number of carbonyl (C=O) groups is 2. The summed E-state index contributed by atoms with van der Waals surface area (Å²) in [5.41, 5.74) is 2.19. The SMILES string of the molecule is CNc1ccc(C(=O)OC2=CCC(=CC(=O)OCCCCOC)C=C2)cc1. The first kappa shape index (κ1) is 20.5. The van der Waals surface area contributed by atoms with Crippen molar-refractivity contribution in [3.8, 4) is 0 Å². The average molecular weight is 371 g/mol. The van der Waals surface area contributed by atoms with Crippen LogP contribution < -0.4 is 5.32 Å². The smallest absolute Gasteiger partial charge is 0.343 e. The molecule has 27 heavy (non-hydrogen) atoms. The lowest BCUT2D eigenvalue weighted by molar-refractivity contribution is -0.138. The van der Waals surface area contributed by atoms with Crippen molar-refractivity contribution in [2.45, 2.75) is 19.3 Å². The van der Waals surface area contributed by atoms with Crippen molar-refractivity contribution in [2.75, 3.05) is 32.7 Å². The van der Waals surface area contributed by atoms with E-state index in [9.17, 15) is 9.59 Å². The summed E-state index contributed by atoms with van der Waals surface area (Å²) in [4.78, 5) is 23.9. The van der Waals surface area contributed by atoms with E-state index >= 15 is 0 Å². The van der Waals surface area contributed by atoms with E-state index in [0.717, 1.165) is 24.1 Å². The zero-order valence-electron chi connectivity index (χ0n) is 15.7. The number of hydrogen-bond donors (Lipinski definition) is 1. The second-order valence-corrected chi connectivity index (χ2v) is 5.95. The highest BCUT2D eigenvalue weighted by Gasteiger charge is 2.11. The zero-order valence-corrected chi connectivity index (χ0v) is 15.7. The number of methoxy groups -OCH3 is 1. The molecule has 0 fully saturated rings. The molecule has 1 aliphatic carbocycles. The summed E-state index contributed by atoms with van der Waals surface area (Å²) in [6, 6.07) is 7.03. The van der Waals surface area contributed by atoms with Gasteiger partial charge in [-0.3, -0.25) is 0 Å². The third kappa shape index (κ3) is 7.11. The van der Waals surface area contributed by atoms with Crippen LogP contribution in [0.25, 0.3) is 0 Å². The highest BCUT2D eigenvalue weighted by Crippen LogP contribution is 2.18. The fourth-order valence-corrected chi connectivity index (χ4v) is 2.38. The normalized spacial score (nSPS) is 14.6. The van der Waals surface area contributed by atoms with Crippen LogP contribution in [0.4, 0.5) is 5.69 Å². The molecular formula is C21H25NO5. The molecule has 144 valence electrons. The van der Waals surface area contributed by atoms with E-state index in [1.807, 2.05) is 19.2 Å². The molecule has 0 spiro atoms. The second kappa shape index (κ2) is 11.0. The number of hydrogen-bond acceptors (Lipinski definition) is 6. The summed E-state index contributed by atoms with van der Waals surface area (Å²) in [5, 5.41) is 2.99. The molecule has 1 aliphatic rings. The van der Waals surface area contributed by atoms with Crippen LogP contribution >= 0.6 is 0 Å². The Kier molecular flexibility index (Phi) is 8.32. The molecule has 0 unspecified atom stereocenters. The topological polar surface area (TPSA) is 73.9 Å². The van der Waals surface area contributed by atoms with Crippen LogP contribution in [0.1, 0.15) is 29.6 Å². The van der Waals surface area contributed by atoms with Gasteiger partial charge in [0, 0.05) is 32.5 Å². The van der Waals surface area contributed by atoms with E-state index in [1.165, 1.54) is 6.08 Å². The monoisotopic (exact) mass is 371 g/mol. The van der Waals surface area contributed by atoms with Gasteiger partial charge in [-0.2, -0.15) is 0 Å². The molecule has 1 aromatic carbocycles. The molecule has 0 bridgehead atoms. The number of benzene rings is 1. The molecule has 6 heteroatoms. The van der Waals surface area contributed by atoms with Gasteiger partial charge >= 0.3 is 11.9 Å². The minimum Gasteiger partial charge on any atom is -0.463 e. The summed E-state index contributed by atoms with van der Waals surface area (Å²) in [7, 11) is 3.46. The summed E-state index contributed by atoms with van der Waals surface area (Å²) >= 11 is 0. The van der Waals surface area contributed by atoms with Crippen molar-refractivity contribution >= 4 is 17.6 Å². The van der Waals surface area contributed by atoms with Crippen LogP contribution in [0.5, 0.6) is 0 Å². The van der Waals surface area contributed by atoms with Crippen molar-refractivity contribution in [1.29, 1.82) is 0 Å². The second-order valence-electron chi connectivity index (χ2n) is 5.95. The Balaban J connectivity index is 1.79. The number of nitrogens with one attached hydrogen (secondary N) is 1. The molecule has 0 atom stereocenters. The van der Waals surface area contributed by atoms with Gasteiger partial charge in [-0.15, -0.1) is 0 Å². The molecule has 1 N–H and O–H groups in total. The van der Waals surface area contributed by atoms with Gasteiger partial charge in [0.25, 0.3) is 0 Å². The Bertz CT molecular complexity index is 731. The maximum absolute atomic E-state index is 12.2. The third-order valence-electron chi connectivity index (χ3n) is 3.91. The molecule has 0 aliphatic heterocycles. The molecule has 0 amide bonds. The lowest BCUT2D eigenvalue weighted by Gasteiger charge is -2.10. The predicted octanol–water partition coefficient (Wildman–Crippen LogP) is 3.63. The predicted molar refractivity (Wildman–Crippen MR) is 103 cm³/mol. The number of unbranched alkanes of at least 4 members (excludes halogenated alkanes) is 1. The summed E-state index contributed by atoms with van der Waals surface area (Å²) < 4.78 is 15.4. The van der Waals surface area contributed by atoms with E-state index < -0.39 is 5.97 Å². The Morgan fingerprint density at radius 3 is 2.48 bits per heavy atom. The number of allylic oxidation sites excluding steroid dienone is 4. The first-order valence-corrected chi connectivity index (χ1v) is 8.87. The maximum atomic E-state index is 12.2. The van der Waals surface area contributed by atoms with Gasteiger partial charge in [0.05, 0.1) is 12.2 Å². The van der Waals surface area contributed by atoms with Gasteiger partial charge in [-0.25, -0.2) is 9.59 Å². The lowest BCUT2D eigenvalue weighted by Crippen LogP contribution is -2.07. The van der Waals surface area contributed by atoms with Crippen molar-refractivity contribution in [3.05, 3.63) is 65.5 Å². The van der Waals surface area contributed by atoms with E-state index in [2.05, 4.69) is 5.32 Å². The van der Waals surface area contributed by atoms with Crippen LogP contribution in [0.2, 0.25) is 0 Å². The zero-order chi connectivity index (χ0) is 19.5. The number of esters is 2. The van der Waals surface area contributed by atoms with Gasteiger partial charge in [0.15, 0.2) is 0 Å². The molecule has 0 saturated heterocycles. The molecule has 1 aromatic rings. The highest BCUT2D eigenvalue weighted by atomic mass is 16.5. The van der Waals surface area contributed by atoms with Crippen LogP contribution in [0, 0.1) is 0 Å². The van der Waals surface area contributed by atoms with Crippen molar-refractivity contribution in [3.63, 3.8) is 0 Å². The van der Waals surface area contributed by atoms with Gasteiger partial charge in [0.1, 0.15) is 5.76 Å². The largest absolute Gasteiger partial charge is 0.463 e. The molecular weight excluding hydrogens is 346 g/mol. The molecule has 0 saturated carbocycles. The van der Waals surface area contributed by atoms with Crippen LogP contribution in [-0.4, -0.2) is 39.3 Å². The summed E-state index contributed by atoms with van der Waals surface area (Å²) in [5.74, 6) is -0.329. The van der Waals surface area contributed by atoms with Crippen molar-refractivity contribution in [2.24, 2.45) is 0 Å². The van der Waals surface area contributed by atoms with Crippen LogP contribution in [0.15, 0.2) is 59.9 Å². The Morgan fingerprint density at radius 2 is 1.85 bits per heavy atom. The van der Waals surface area contributed by atoms with E-state index in [4.69, 9.17) is 14.2 Å². The Hall–Kier alpha value is -2.86. The minimum atomic E-state index is -0.420. The maximum Gasteiger partial charge on any atom is 0.343 e. The fraction of sp³-hybridized carbons (Fsp3) is 0.333. The molecule has 2 rings (SSSR count). The lowest BCUT2D eigenvalue weighted by atomic mass is 10.1. The molecule has 0 aromatic heterocycles. The quantitative estimate of drug-likeness (QED) is 0.406. The van der Waals surface area contributed by atoms with Gasteiger partial charge < -0.3 is 19.5 Å². The molecule has 0 radical (unpaired) electrons. The first-order chi connectivity index (χ1) is 13.1. The van der Waals surface area contributed by atoms with Crippen molar-refractivity contribution < 1.29 is 23.8 Å². The third-order valence-corrected chi connectivity index (χ3v) is 3.91. The Labute approximate surface area is 159 Å². The summed E-state index contributed by atoms with van der Waals surface area (Å²) in [6.07, 6.45) is 8.76. The minimum absolute atomic E-state index is 0.370. The molecule has 6 nitrogen and oxygen atoms in total. The van der Waals surface area contributed by atoms with E-state index in [-0.39, 0.29) is 5.97 Å². The van der Waals surface area contributed by atoms with Crippen LogP contribution in [-0.2, 0) is 19.0 Å². The highest BCUT2D eigenvalue weighted by molar-refractivity contribution is 5.90. The van der Waals surface area contributed by atoms with Crippen molar-refractivity contribution in [1.82, 2.24) is 0 Å². The van der Waals surface area contributed by atoms with Gasteiger partial charge in [-0.1, -0.05) is 6.08 Å². The Morgan fingerprint density at radius 1 is 1.11 bits per heavy atom. The van der Waals surface area contributed by atoms with Crippen LogP contribution in [0.3, 0.4) is 0 Å². The molecule has 0 heterocycles. The number of ether oxygens (including phenoxy) is 3. The van der Waals surface area contributed by atoms with E-state index in [1.54, 1.807) is 37.5 Å². The van der Waals surface area contributed by atoms with E-state index in [0.29, 0.717) is 31.0 Å².